The summed E-state index contributed by atoms with van der Waals surface area (Å²) in [4.78, 5) is 24.0. The third kappa shape index (κ3) is 4.33. The molecular formula is C18H25NO3. The average molecular weight is 303 g/mol. The lowest BCUT2D eigenvalue weighted by atomic mass is 9.86. The number of hydrogen-bond donors (Lipinski definition) is 1. The molecule has 4 nitrogen and oxygen atoms in total. The molecule has 2 atom stereocenters. The van der Waals surface area contributed by atoms with Gasteiger partial charge < -0.3 is 10.1 Å². The normalized spacial score (nSPS) is 21.2. The molecule has 22 heavy (non-hydrogen) atoms. The van der Waals surface area contributed by atoms with E-state index in [0.717, 1.165) is 30.4 Å². The lowest BCUT2D eigenvalue weighted by molar-refractivity contribution is -0.125. The van der Waals surface area contributed by atoms with Crippen LogP contribution in [-0.4, -0.2) is 24.5 Å². The highest BCUT2D eigenvalue weighted by molar-refractivity contribution is 5.92. The number of carbonyl (C=O) groups excluding carboxylic acids is 2. The third-order valence-electron chi connectivity index (χ3n) is 4.39. The molecule has 0 bridgehead atoms. The second-order valence-corrected chi connectivity index (χ2v) is 6.33. The molecule has 120 valence electrons. The average Bonchev–Trinajstić information content (AvgIpc) is 2.47. The minimum absolute atomic E-state index is 0.209. The Morgan fingerprint density at radius 3 is 2.64 bits per heavy atom. The van der Waals surface area contributed by atoms with Gasteiger partial charge in [0.2, 0.25) is 0 Å². The molecule has 0 radical (unpaired) electrons. The predicted octanol–water partition coefficient (Wildman–Crippen LogP) is 3.16. The predicted molar refractivity (Wildman–Crippen MR) is 85.8 cm³/mol. The van der Waals surface area contributed by atoms with Gasteiger partial charge in [0.15, 0.2) is 6.61 Å². The maximum atomic E-state index is 12.0. The first-order valence-corrected chi connectivity index (χ1v) is 8.01. The zero-order valence-electron chi connectivity index (χ0n) is 13.6. The quantitative estimate of drug-likeness (QED) is 0.869. The minimum atomic E-state index is -0.440. The van der Waals surface area contributed by atoms with E-state index < -0.39 is 5.97 Å². The van der Waals surface area contributed by atoms with Crippen LogP contribution in [0.25, 0.3) is 0 Å². The smallest absolute Gasteiger partial charge is 0.338 e. The molecule has 1 aliphatic rings. The van der Waals surface area contributed by atoms with Gasteiger partial charge in [-0.2, -0.15) is 0 Å². The fourth-order valence-corrected chi connectivity index (χ4v) is 3.03. The van der Waals surface area contributed by atoms with E-state index in [1.165, 1.54) is 6.42 Å². The molecule has 1 fully saturated rings. The molecule has 0 aromatic heterocycles. The molecule has 1 N–H and O–H groups in total. The maximum Gasteiger partial charge on any atom is 0.338 e. The zero-order valence-corrected chi connectivity index (χ0v) is 13.6. The van der Waals surface area contributed by atoms with E-state index in [-0.39, 0.29) is 18.6 Å². The Bertz CT molecular complexity index is 553. The number of nitrogens with one attached hydrogen (secondary N) is 1. The number of benzene rings is 1. The Labute approximate surface area is 132 Å². The van der Waals surface area contributed by atoms with E-state index in [1.54, 1.807) is 6.07 Å². The van der Waals surface area contributed by atoms with Crippen molar-refractivity contribution < 1.29 is 14.3 Å². The van der Waals surface area contributed by atoms with Gasteiger partial charge in [0.05, 0.1) is 5.56 Å². The number of carbonyl (C=O) groups is 2. The zero-order chi connectivity index (χ0) is 16.1. The number of rotatable bonds is 4. The van der Waals surface area contributed by atoms with E-state index in [1.807, 2.05) is 26.0 Å². The number of hydrogen-bond acceptors (Lipinski definition) is 3. The summed E-state index contributed by atoms with van der Waals surface area (Å²) in [6.45, 7) is 5.79. The van der Waals surface area contributed by atoms with Crippen molar-refractivity contribution in [1.82, 2.24) is 5.32 Å². The van der Waals surface area contributed by atoms with Crippen LogP contribution >= 0.6 is 0 Å². The number of esters is 1. The van der Waals surface area contributed by atoms with Crippen LogP contribution in [-0.2, 0) is 9.53 Å². The second-order valence-electron chi connectivity index (χ2n) is 6.33. The summed E-state index contributed by atoms with van der Waals surface area (Å²) in [7, 11) is 0. The van der Waals surface area contributed by atoms with Crippen molar-refractivity contribution >= 4 is 11.9 Å². The molecule has 0 saturated heterocycles. The number of amides is 1. The Kier molecular flexibility index (Phi) is 5.58. The van der Waals surface area contributed by atoms with Gasteiger partial charge in [0, 0.05) is 6.04 Å². The van der Waals surface area contributed by atoms with E-state index >= 15 is 0 Å². The van der Waals surface area contributed by atoms with Crippen LogP contribution in [0.5, 0.6) is 0 Å². The van der Waals surface area contributed by atoms with Crippen LogP contribution < -0.4 is 5.32 Å². The van der Waals surface area contributed by atoms with Crippen molar-refractivity contribution in [2.24, 2.45) is 5.92 Å². The van der Waals surface area contributed by atoms with Crippen LogP contribution in [0, 0.1) is 19.8 Å². The molecule has 0 aliphatic heterocycles. The molecule has 4 heteroatoms. The summed E-state index contributed by atoms with van der Waals surface area (Å²) in [5, 5.41) is 2.98. The Morgan fingerprint density at radius 2 is 1.95 bits per heavy atom. The van der Waals surface area contributed by atoms with Gasteiger partial charge >= 0.3 is 5.97 Å². The van der Waals surface area contributed by atoms with Crippen molar-refractivity contribution in [3.05, 3.63) is 34.9 Å². The van der Waals surface area contributed by atoms with Gasteiger partial charge in [0.1, 0.15) is 0 Å². The molecule has 1 aromatic rings. The Morgan fingerprint density at radius 1 is 1.23 bits per heavy atom. The number of ether oxygens (including phenoxy) is 1. The minimum Gasteiger partial charge on any atom is -0.452 e. The second kappa shape index (κ2) is 7.43. The topological polar surface area (TPSA) is 55.4 Å². The first-order valence-electron chi connectivity index (χ1n) is 8.01. The van der Waals surface area contributed by atoms with E-state index in [2.05, 4.69) is 12.2 Å². The lowest BCUT2D eigenvalue weighted by Gasteiger charge is -2.29. The lowest BCUT2D eigenvalue weighted by Crippen LogP contribution is -2.42. The fraction of sp³-hybridized carbons (Fsp3) is 0.556. The van der Waals surface area contributed by atoms with Gasteiger partial charge in [-0.05, 0) is 44.2 Å². The first kappa shape index (κ1) is 16.5. The van der Waals surface area contributed by atoms with Crippen LogP contribution in [0.15, 0.2) is 18.2 Å². The molecule has 1 amide bonds. The highest BCUT2D eigenvalue weighted by atomic mass is 16.5. The molecule has 2 rings (SSSR count). The maximum absolute atomic E-state index is 12.0. The summed E-state index contributed by atoms with van der Waals surface area (Å²) in [6.07, 6.45) is 4.54. The number of aryl methyl sites for hydroxylation is 2. The van der Waals surface area contributed by atoms with Crippen LogP contribution in [0.4, 0.5) is 0 Å². The van der Waals surface area contributed by atoms with Crippen LogP contribution in [0.3, 0.4) is 0 Å². The molecular weight excluding hydrogens is 278 g/mol. The van der Waals surface area contributed by atoms with Gasteiger partial charge in [0.25, 0.3) is 5.91 Å². The van der Waals surface area contributed by atoms with Crippen molar-refractivity contribution in [3.8, 4) is 0 Å². The first-order chi connectivity index (χ1) is 10.5. The fourth-order valence-electron chi connectivity index (χ4n) is 3.03. The van der Waals surface area contributed by atoms with Crippen LogP contribution in [0.1, 0.15) is 54.1 Å². The molecule has 0 unspecified atom stereocenters. The van der Waals surface area contributed by atoms with Gasteiger partial charge in [-0.3, -0.25) is 4.79 Å². The summed E-state index contributed by atoms with van der Waals surface area (Å²) >= 11 is 0. The van der Waals surface area contributed by atoms with E-state index in [4.69, 9.17) is 4.74 Å². The van der Waals surface area contributed by atoms with Crippen LogP contribution in [0.2, 0.25) is 0 Å². The van der Waals surface area contributed by atoms with Gasteiger partial charge in [-0.15, -0.1) is 0 Å². The summed E-state index contributed by atoms with van der Waals surface area (Å²) in [5.41, 5.74) is 2.48. The van der Waals surface area contributed by atoms with Gasteiger partial charge in [-0.1, -0.05) is 37.5 Å². The van der Waals surface area contributed by atoms with E-state index in [9.17, 15) is 9.59 Å². The largest absolute Gasteiger partial charge is 0.452 e. The molecule has 1 aromatic carbocycles. The van der Waals surface area contributed by atoms with Crippen molar-refractivity contribution in [2.75, 3.05) is 6.61 Å². The highest BCUT2D eigenvalue weighted by Crippen LogP contribution is 2.23. The molecule has 1 saturated carbocycles. The summed E-state index contributed by atoms with van der Waals surface area (Å²) < 4.78 is 5.14. The van der Waals surface area contributed by atoms with E-state index in [0.29, 0.717) is 11.5 Å². The van der Waals surface area contributed by atoms with Crippen molar-refractivity contribution in [1.29, 1.82) is 0 Å². The molecule has 0 spiro atoms. The summed E-state index contributed by atoms with van der Waals surface area (Å²) in [6, 6.07) is 5.75. The van der Waals surface area contributed by atoms with Crippen molar-refractivity contribution in [3.63, 3.8) is 0 Å². The summed E-state index contributed by atoms with van der Waals surface area (Å²) in [5.74, 6) is -0.158. The SMILES string of the molecule is Cc1ccc(C(=O)OCC(=O)N[C@H]2CCCC[C@@H]2C)c(C)c1. The monoisotopic (exact) mass is 303 g/mol. The highest BCUT2D eigenvalue weighted by Gasteiger charge is 2.23. The molecule has 0 heterocycles. The Hall–Kier alpha value is -1.84. The van der Waals surface area contributed by atoms with Crippen molar-refractivity contribution in [2.45, 2.75) is 52.5 Å². The van der Waals surface area contributed by atoms with Gasteiger partial charge in [-0.25, -0.2) is 4.79 Å². The molecule has 1 aliphatic carbocycles. The third-order valence-corrected chi connectivity index (χ3v) is 4.39. The Balaban J connectivity index is 1.84. The standard InChI is InChI=1S/C18H25NO3/c1-12-8-9-15(14(3)10-12)18(21)22-11-17(20)19-16-7-5-4-6-13(16)2/h8-10,13,16H,4-7,11H2,1-3H3,(H,19,20)/t13-,16-/m0/s1.